The molecule has 3 aliphatic rings. The fourth-order valence-electron chi connectivity index (χ4n) is 18.2. The number of unbranched alkanes of at least 4 members (excludes halogenated alkanes) is 20. The van der Waals surface area contributed by atoms with Gasteiger partial charge < -0.3 is 43.3 Å². The molecule has 28 heteroatoms. The van der Waals surface area contributed by atoms with Crippen molar-refractivity contribution in [3.8, 4) is 10.6 Å². The molecule has 0 amide bonds. The number of ether oxygens (including phenoxy) is 5. The van der Waals surface area contributed by atoms with E-state index in [1.54, 1.807) is 127 Å². The van der Waals surface area contributed by atoms with E-state index in [4.69, 9.17) is 28.7 Å². The fourth-order valence-corrected chi connectivity index (χ4v) is 25.3. The largest absolute Gasteiger partial charge is 0.383 e. The molecule has 0 radical (unpaired) electrons. The Labute approximate surface area is 908 Å². The molecule has 3 fully saturated rings. The molecular formula is C121H197F2N5O15S6. The third-order valence-corrected chi connectivity index (χ3v) is 43.7. The Bertz CT molecular complexity index is 5540. The number of anilines is 4. The van der Waals surface area contributed by atoms with Crippen LogP contribution in [-0.4, -0.2) is 216 Å². The summed E-state index contributed by atoms with van der Waals surface area (Å²) >= 11 is 1.75. The van der Waals surface area contributed by atoms with Crippen LogP contribution in [-0.2, 0) is 105 Å². The number of aryl methyl sites for hydroxylation is 6. The Hall–Kier alpha value is -6.18. The molecule has 1 aromatic heterocycles. The summed E-state index contributed by atoms with van der Waals surface area (Å²) in [5.74, 6) is 0.980. The molecule has 0 spiro atoms. The minimum absolute atomic E-state index is 0.00311. The van der Waals surface area contributed by atoms with Gasteiger partial charge in [-0.05, 0) is 341 Å². The first-order valence-electron chi connectivity index (χ1n) is 56.3. The highest BCUT2D eigenvalue weighted by molar-refractivity contribution is 7.93. The van der Waals surface area contributed by atoms with Crippen molar-refractivity contribution in [2.24, 2.45) is 5.92 Å². The SMILES string of the molecule is CC(C)[C@@H]1CN(c2ccc(CCCCCCCS(=O)(=O)C(C)(C)C)cc2)CCO1.CCC1(CC)CN(c2ccc(CCCCCCCS(=O)(=O)C(C)(C)C)cc2)CCO1.CCOCCN(CCOC)c1ccc(CCCCCCCS(=O)(=O)C(C)(C)C)cc1.C[C@@H]1CN(c2c(F)cc(CCCCCCCS(=O)(=O)C(C)(C)C)cc2F)C[C@H](C)O1.Cc1ccc2nc(-c3ccc(CCCCCCCS(=O)(=O)C(C)(C)C)cc3)sc2c1. The summed E-state index contributed by atoms with van der Waals surface area (Å²) < 4.78 is 177. The van der Waals surface area contributed by atoms with Gasteiger partial charge in [0.05, 0.1) is 113 Å². The molecule has 4 heterocycles. The summed E-state index contributed by atoms with van der Waals surface area (Å²) in [4.78, 5) is 13.7. The number of fused-ring (bicyclic) bond motifs is 1. The van der Waals surface area contributed by atoms with Crippen molar-refractivity contribution in [1.29, 1.82) is 0 Å². The maximum absolute atomic E-state index is 14.7. The molecule has 20 nitrogen and oxygen atoms in total. The number of hydrogen-bond acceptors (Lipinski definition) is 21. The monoisotopic (exact) mass is 2190 g/mol. The number of aromatic nitrogens is 1. The first kappa shape index (κ1) is 131. The van der Waals surface area contributed by atoms with Gasteiger partial charge in [0.1, 0.15) is 22.3 Å². The first-order chi connectivity index (χ1) is 70.0. The molecule has 3 saturated heterocycles. The predicted octanol–water partition coefficient (Wildman–Crippen LogP) is 28.2. The van der Waals surface area contributed by atoms with Gasteiger partial charge in [0.25, 0.3) is 0 Å². The van der Waals surface area contributed by atoms with Gasteiger partial charge in [-0.15, -0.1) is 11.3 Å². The average Bonchev–Trinajstić information content (AvgIpc) is 1.79. The number of methoxy groups -OCH3 is 1. The van der Waals surface area contributed by atoms with Gasteiger partial charge in [-0.25, -0.2) is 55.9 Å². The van der Waals surface area contributed by atoms with Crippen LogP contribution in [0.3, 0.4) is 0 Å². The van der Waals surface area contributed by atoms with E-state index in [0.717, 1.165) is 262 Å². The molecule has 0 unspecified atom stereocenters. The van der Waals surface area contributed by atoms with Crippen molar-refractivity contribution in [2.75, 3.05) is 141 Å². The highest BCUT2D eigenvalue weighted by atomic mass is 32.2. The molecule has 6 aromatic carbocycles. The lowest BCUT2D eigenvalue weighted by Crippen LogP contribution is -2.51. The Morgan fingerprint density at radius 3 is 1.15 bits per heavy atom. The number of benzene rings is 6. The molecular weight excluding hydrogens is 1990 g/mol. The second-order valence-corrected chi connectivity index (χ2v) is 62.3. The van der Waals surface area contributed by atoms with Crippen LogP contribution in [0.2, 0.25) is 0 Å². The number of sulfone groups is 5. The molecule has 3 aliphatic heterocycles. The normalized spacial score (nSPS) is 16.2. The van der Waals surface area contributed by atoms with Crippen LogP contribution in [0.5, 0.6) is 0 Å². The van der Waals surface area contributed by atoms with Crippen molar-refractivity contribution in [3.63, 3.8) is 0 Å². The van der Waals surface area contributed by atoms with Gasteiger partial charge >= 0.3 is 0 Å². The number of halogens is 2. The summed E-state index contributed by atoms with van der Waals surface area (Å²) in [5.41, 5.74) is 13.5. The number of thiazole rings is 1. The summed E-state index contributed by atoms with van der Waals surface area (Å²) in [5, 5.41) is 1.08. The third-order valence-electron chi connectivity index (χ3n) is 29.2. The van der Waals surface area contributed by atoms with E-state index in [0.29, 0.717) is 73.1 Å². The summed E-state index contributed by atoms with van der Waals surface area (Å²) in [6.07, 6.45) is 32.2. The van der Waals surface area contributed by atoms with Crippen LogP contribution >= 0.6 is 11.3 Å². The topological polar surface area (TPSA) is 243 Å². The minimum atomic E-state index is -3.06. The lowest BCUT2D eigenvalue weighted by atomic mass is 9.94. The van der Waals surface area contributed by atoms with E-state index in [1.165, 1.54) is 73.7 Å². The van der Waals surface area contributed by atoms with Crippen molar-refractivity contribution < 1.29 is 74.6 Å². The van der Waals surface area contributed by atoms with Gasteiger partial charge in [0, 0.05) is 88.7 Å². The van der Waals surface area contributed by atoms with Crippen LogP contribution in [0.1, 0.15) is 359 Å². The van der Waals surface area contributed by atoms with E-state index < -0.39 is 84.6 Å². The molecule has 149 heavy (non-hydrogen) atoms. The molecule has 10 rings (SSSR count). The van der Waals surface area contributed by atoms with Gasteiger partial charge in [0.15, 0.2) is 49.2 Å². The lowest BCUT2D eigenvalue weighted by Gasteiger charge is -2.43. The maximum atomic E-state index is 14.7. The number of nitrogens with zero attached hydrogens (tertiary/aromatic N) is 5. The summed E-state index contributed by atoms with van der Waals surface area (Å²) in [6.45, 7) is 53.8. The van der Waals surface area contributed by atoms with E-state index in [9.17, 15) is 50.9 Å². The molecule has 7 aromatic rings. The molecule has 3 atom stereocenters. The third kappa shape index (κ3) is 46.6. The van der Waals surface area contributed by atoms with Crippen molar-refractivity contribution in [2.45, 2.75) is 412 Å². The van der Waals surface area contributed by atoms with Gasteiger partial charge in [-0.1, -0.05) is 191 Å². The Kier molecular flexibility index (Phi) is 56.4. The Morgan fingerprint density at radius 2 is 0.779 bits per heavy atom. The zero-order chi connectivity index (χ0) is 111. The first-order valence-corrected chi connectivity index (χ1v) is 65.4. The van der Waals surface area contributed by atoms with Crippen LogP contribution < -0.4 is 19.6 Å². The van der Waals surface area contributed by atoms with E-state index in [-0.39, 0.29) is 29.2 Å². The quantitative estimate of drug-likeness (QED) is 0.0322. The Morgan fingerprint density at radius 1 is 0.430 bits per heavy atom. The maximum Gasteiger partial charge on any atom is 0.155 e. The molecule has 0 aliphatic carbocycles. The highest BCUT2D eigenvalue weighted by Crippen LogP contribution is 2.36. The van der Waals surface area contributed by atoms with E-state index >= 15 is 0 Å². The molecule has 0 N–H and O–H groups in total. The van der Waals surface area contributed by atoms with Gasteiger partial charge in [-0.2, -0.15) is 0 Å². The summed E-state index contributed by atoms with van der Waals surface area (Å²) in [7, 11) is -13.2. The number of rotatable bonds is 55. The van der Waals surface area contributed by atoms with E-state index in [2.05, 4.69) is 165 Å². The van der Waals surface area contributed by atoms with Crippen molar-refractivity contribution in [3.05, 3.63) is 172 Å². The van der Waals surface area contributed by atoms with Gasteiger partial charge in [-0.3, -0.25) is 0 Å². The lowest BCUT2D eigenvalue weighted by molar-refractivity contribution is -0.0605. The average molecular weight is 2190 g/mol. The van der Waals surface area contributed by atoms with Crippen LogP contribution in [0, 0.1) is 24.5 Å². The standard InChI is InChI=1S/C25H43NO3S.C25H33NO2S2.C24H43NO4S.C24H41NO3S.C23H37F2NO3S/c1-6-25(7-2)21-26(18-19-29-25)23-16-14-22(15-17-23)13-11-9-8-10-12-20-30(27,28)24(3,4)5;1-19-11-16-22-23(18-19)29-24(26-22)21-14-12-20(13-15-21)10-8-6-5-7-9-17-30(27,28)25(2,3)4;1-6-29-20-18-25(17-19-28-5)23-15-13-22(14-16-23)12-10-8-7-9-11-21-30(26,27)24(2,3)4;1-20(2)23-19-25(16-17-28-23)22-14-12-21(13-15-22)11-9-7-6-8-10-18-29(26,27)24(3,4)5;1-17-15-26(16-18(2)29-17)22-20(24)13-19(14-21(22)25)11-9-7-6-8-10-12-30(27,28)23(3,4)5/h14-17H,6-13,18-21H2,1-5H3;11-16,18H,5-10,17H2,1-4H3;13-16H,6-12,17-21H2,1-5H3;12-15,20,23H,6-11,16-19H2,1-5H3;13-14,17-18H,6-12,15-16H2,1-5H3/t;;;23-;17-,18+/m...0./s1. The zero-order valence-corrected chi connectivity index (χ0v) is 101. The van der Waals surface area contributed by atoms with Crippen LogP contribution in [0.4, 0.5) is 31.5 Å². The zero-order valence-electron chi connectivity index (χ0n) is 96.4. The van der Waals surface area contributed by atoms with Crippen molar-refractivity contribution in [1.82, 2.24) is 4.98 Å². The van der Waals surface area contributed by atoms with Crippen LogP contribution in [0.15, 0.2) is 127 Å². The van der Waals surface area contributed by atoms with Gasteiger partial charge in [0.2, 0.25) is 0 Å². The number of morpholine rings is 3. The summed E-state index contributed by atoms with van der Waals surface area (Å²) in [6, 6.07) is 44.9. The highest BCUT2D eigenvalue weighted by Gasteiger charge is 2.37. The second-order valence-electron chi connectivity index (χ2n) is 46.9. The number of hydrogen-bond donors (Lipinski definition) is 0. The molecule has 0 saturated carbocycles. The fraction of sp³-hybridized carbons (Fsp3) is 0.694. The smallest absolute Gasteiger partial charge is 0.155 e. The van der Waals surface area contributed by atoms with Crippen molar-refractivity contribution >= 4 is 93.5 Å². The minimum Gasteiger partial charge on any atom is -0.383 e. The predicted molar refractivity (Wildman–Crippen MR) is 628 cm³/mol. The Balaban J connectivity index is 0.000000284. The second kappa shape index (κ2) is 63.9. The molecule has 0 bridgehead atoms. The molecule has 846 valence electrons. The van der Waals surface area contributed by atoms with Crippen LogP contribution in [0.25, 0.3) is 20.8 Å². The van der Waals surface area contributed by atoms with E-state index in [1.807, 2.05) is 20.8 Å².